The monoisotopic (exact) mass is 446 g/mol. The van der Waals surface area contributed by atoms with E-state index in [2.05, 4.69) is 77.4 Å². The zero-order chi connectivity index (χ0) is 23.1. The van der Waals surface area contributed by atoms with Gasteiger partial charge in [-0.2, -0.15) is 0 Å². The Bertz CT molecular complexity index is 1420. The second kappa shape index (κ2) is 8.38. The molecule has 4 aromatic carbocycles. The molecule has 1 aliphatic carbocycles. The van der Waals surface area contributed by atoms with Crippen molar-refractivity contribution in [3.63, 3.8) is 0 Å². The van der Waals surface area contributed by atoms with Gasteiger partial charge in [0.2, 0.25) is 0 Å². The van der Waals surface area contributed by atoms with Crippen LogP contribution in [0.1, 0.15) is 35.9 Å². The molecule has 0 saturated heterocycles. The van der Waals surface area contributed by atoms with Crippen molar-refractivity contribution in [1.82, 2.24) is 0 Å². The quantitative estimate of drug-likeness (QED) is 0.362. The number of carbonyl (C=O) groups excluding carboxylic acids is 1. The van der Waals surface area contributed by atoms with Crippen molar-refractivity contribution < 1.29 is 9.53 Å². The van der Waals surface area contributed by atoms with Gasteiger partial charge in [-0.1, -0.05) is 60.7 Å². The summed E-state index contributed by atoms with van der Waals surface area (Å²) in [6.07, 6.45) is 1.28. The van der Waals surface area contributed by atoms with Crippen LogP contribution in [0.5, 0.6) is 5.75 Å². The predicted molar refractivity (Wildman–Crippen MR) is 137 cm³/mol. The second-order valence-corrected chi connectivity index (χ2v) is 9.05. The number of hydrogen-bond donors (Lipinski definition) is 2. The van der Waals surface area contributed by atoms with Crippen molar-refractivity contribution in [3.8, 4) is 5.75 Å². The van der Waals surface area contributed by atoms with Crippen LogP contribution in [0, 0.1) is 0 Å². The minimum Gasteiger partial charge on any atom is -0.497 e. The Morgan fingerprint density at radius 3 is 2.26 bits per heavy atom. The molecule has 34 heavy (non-hydrogen) atoms. The van der Waals surface area contributed by atoms with Crippen LogP contribution in [0.15, 0.2) is 102 Å². The van der Waals surface area contributed by atoms with Gasteiger partial charge in [0, 0.05) is 17.7 Å². The fraction of sp³-hybridized carbons (Fsp3) is 0.167. The Morgan fingerprint density at radius 1 is 0.765 bits per heavy atom. The number of ether oxygens (including phenoxy) is 1. The van der Waals surface area contributed by atoms with Crippen LogP contribution >= 0.6 is 0 Å². The molecule has 0 fully saturated rings. The summed E-state index contributed by atoms with van der Waals surface area (Å²) in [7, 11) is 1.67. The summed E-state index contributed by atoms with van der Waals surface area (Å²) >= 11 is 0. The molecule has 0 radical (unpaired) electrons. The van der Waals surface area contributed by atoms with Crippen molar-refractivity contribution in [3.05, 3.63) is 113 Å². The molecule has 2 unspecified atom stereocenters. The number of methoxy groups -OCH3 is 1. The maximum absolute atomic E-state index is 13.7. The van der Waals surface area contributed by atoms with Gasteiger partial charge < -0.3 is 15.4 Å². The Morgan fingerprint density at radius 2 is 1.47 bits per heavy atom. The van der Waals surface area contributed by atoms with E-state index in [9.17, 15) is 4.79 Å². The van der Waals surface area contributed by atoms with Gasteiger partial charge in [0.1, 0.15) is 5.75 Å². The maximum atomic E-state index is 13.7. The van der Waals surface area contributed by atoms with Gasteiger partial charge in [0.15, 0.2) is 5.78 Å². The van der Waals surface area contributed by atoms with E-state index in [1.807, 2.05) is 24.3 Å². The van der Waals surface area contributed by atoms with Crippen molar-refractivity contribution in [2.24, 2.45) is 0 Å². The summed E-state index contributed by atoms with van der Waals surface area (Å²) in [6, 6.07) is 30.9. The van der Waals surface area contributed by atoms with Crippen LogP contribution in [0.2, 0.25) is 0 Å². The van der Waals surface area contributed by atoms with Crippen LogP contribution < -0.4 is 15.4 Å². The minimum atomic E-state index is -0.208. The molecule has 0 saturated carbocycles. The van der Waals surface area contributed by atoms with E-state index in [4.69, 9.17) is 4.74 Å². The van der Waals surface area contributed by atoms with E-state index in [-0.39, 0.29) is 17.7 Å². The van der Waals surface area contributed by atoms with Gasteiger partial charge in [-0.15, -0.1) is 0 Å². The average molecular weight is 447 g/mol. The minimum absolute atomic E-state index is 0.132. The third kappa shape index (κ3) is 3.61. The second-order valence-electron chi connectivity index (χ2n) is 9.05. The summed E-state index contributed by atoms with van der Waals surface area (Å²) in [5.41, 5.74) is 6.12. The number of allylic oxidation sites excluding steroid dienone is 1. The number of fused-ring (bicyclic) bond motifs is 2. The molecule has 0 spiro atoms. The first kappa shape index (κ1) is 20.5. The molecule has 6 rings (SSSR count). The van der Waals surface area contributed by atoms with Crippen molar-refractivity contribution in [2.75, 3.05) is 17.7 Å². The van der Waals surface area contributed by atoms with E-state index >= 15 is 0 Å². The van der Waals surface area contributed by atoms with E-state index in [0.29, 0.717) is 6.42 Å². The maximum Gasteiger partial charge on any atom is 0.163 e. The molecular weight excluding hydrogens is 420 g/mol. The Labute approximate surface area is 199 Å². The molecule has 1 heterocycles. The average Bonchev–Trinajstić information content (AvgIpc) is 3.05. The summed E-state index contributed by atoms with van der Waals surface area (Å²) in [5.74, 6) is 1.15. The Kier molecular flexibility index (Phi) is 5.06. The molecule has 4 aromatic rings. The van der Waals surface area contributed by atoms with E-state index in [1.54, 1.807) is 7.11 Å². The molecule has 2 aliphatic rings. The zero-order valence-electron chi connectivity index (χ0n) is 19.0. The lowest BCUT2D eigenvalue weighted by Gasteiger charge is -2.30. The fourth-order valence-corrected chi connectivity index (χ4v) is 5.24. The van der Waals surface area contributed by atoms with Crippen molar-refractivity contribution in [2.45, 2.75) is 24.8 Å². The van der Waals surface area contributed by atoms with Gasteiger partial charge in [0.25, 0.3) is 0 Å². The Balaban J connectivity index is 1.45. The van der Waals surface area contributed by atoms with Crippen LogP contribution in [0.3, 0.4) is 0 Å². The number of ketones is 1. The molecule has 4 nitrogen and oxygen atoms in total. The first-order valence-electron chi connectivity index (χ1n) is 11.7. The topological polar surface area (TPSA) is 50.4 Å². The molecule has 2 N–H and O–H groups in total. The van der Waals surface area contributed by atoms with Crippen LogP contribution in [0.25, 0.3) is 10.8 Å². The molecule has 168 valence electrons. The predicted octanol–water partition coefficient (Wildman–Crippen LogP) is 6.83. The standard InChI is InChI=1S/C30H26N2O2/c1-34-24-14-12-20(13-15-24)23-17-27-29(28(33)18-23)30(32-26-9-5-4-8-25(26)31-27)22-11-10-19-6-2-3-7-21(19)16-22/h2-16,23,30-32H,17-18H2,1H3. The number of rotatable bonds is 3. The number of benzene rings is 4. The number of nitrogens with one attached hydrogen (secondary N) is 2. The number of Topliss-reactive ketones (excluding diaryl/α,β-unsaturated/α-hetero) is 1. The lowest BCUT2D eigenvalue weighted by Crippen LogP contribution is -2.26. The van der Waals surface area contributed by atoms with Gasteiger partial charge in [-0.05, 0) is 64.6 Å². The van der Waals surface area contributed by atoms with Crippen LogP contribution in [0.4, 0.5) is 11.4 Å². The number of hydrogen-bond acceptors (Lipinski definition) is 4. The largest absolute Gasteiger partial charge is 0.497 e. The van der Waals surface area contributed by atoms with Gasteiger partial charge in [-0.3, -0.25) is 4.79 Å². The highest BCUT2D eigenvalue weighted by Crippen LogP contribution is 2.44. The van der Waals surface area contributed by atoms with Gasteiger partial charge in [-0.25, -0.2) is 0 Å². The highest BCUT2D eigenvalue weighted by Gasteiger charge is 2.36. The number of anilines is 2. The number of carbonyl (C=O) groups is 1. The van der Waals surface area contributed by atoms with E-state index in [0.717, 1.165) is 45.9 Å². The fourth-order valence-electron chi connectivity index (χ4n) is 5.24. The molecule has 0 amide bonds. The molecule has 4 heteroatoms. The SMILES string of the molecule is COc1ccc(C2CC(=O)C3=C(C2)Nc2ccccc2NC3c2ccc3ccccc3c2)cc1. The smallest absolute Gasteiger partial charge is 0.163 e. The first-order valence-corrected chi connectivity index (χ1v) is 11.7. The van der Waals surface area contributed by atoms with Gasteiger partial charge in [0.05, 0.1) is 24.5 Å². The molecule has 0 aromatic heterocycles. The normalized spacial score (nSPS) is 19.5. The zero-order valence-corrected chi connectivity index (χ0v) is 19.0. The van der Waals surface area contributed by atoms with E-state index in [1.165, 1.54) is 10.8 Å². The summed E-state index contributed by atoms with van der Waals surface area (Å²) in [5, 5.41) is 9.68. The van der Waals surface area contributed by atoms with Crippen LogP contribution in [-0.2, 0) is 4.79 Å². The lowest BCUT2D eigenvalue weighted by atomic mass is 9.78. The van der Waals surface area contributed by atoms with Crippen molar-refractivity contribution >= 4 is 27.9 Å². The summed E-state index contributed by atoms with van der Waals surface area (Å²) in [4.78, 5) is 13.7. The number of para-hydroxylation sites is 2. The van der Waals surface area contributed by atoms with E-state index < -0.39 is 0 Å². The summed E-state index contributed by atoms with van der Waals surface area (Å²) in [6.45, 7) is 0. The highest BCUT2D eigenvalue weighted by atomic mass is 16.5. The molecule has 2 atom stereocenters. The van der Waals surface area contributed by atoms with Crippen LogP contribution in [-0.4, -0.2) is 12.9 Å². The summed E-state index contributed by atoms with van der Waals surface area (Å²) < 4.78 is 5.32. The third-order valence-corrected chi connectivity index (χ3v) is 7.00. The highest BCUT2D eigenvalue weighted by molar-refractivity contribution is 6.01. The molecular formula is C30H26N2O2. The van der Waals surface area contributed by atoms with Crippen molar-refractivity contribution in [1.29, 1.82) is 0 Å². The molecule has 1 aliphatic heterocycles. The lowest BCUT2D eigenvalue weighted by molar-refractivity contribution is -0.116. The molecule has 0 bridgehead atoms. The first-order chi connectivity index (χ1) is 16.7. The van der Waals surface area contributed by atoms with Gasteiger partial charge >= 0.3 is 0 Å². The third-order valence-electron chi connectivity index (χ3n) is 7.00. The Hall–Kier alpha value is -4.05.